The fourth-order valence-corrected chi connectivity index (χ4v) is 5.24. The first-order valence-electron chi connectivity index (χ1n) is 6.15. The van der Waals surface area contributed by atoms with Gasteiger partial charge in [-0.05, 0) is 61.7 Å². The molecule has 2 N–H and O–H groups in total. The molecule has 0 unspecified atom stereocenters. The van der Waals surface area contributed by atoms with Crippen LogP contribution in [0.15, 0.2) is 0 Å². The van der Waals surface area contributed by atoms with Crippen molar-refractivity contribution >= 4 is 0 Å². The summed E-state index contributed by atoms with van der Waals surface area (Å²) < 4.78 is 0. The van der Waals surface area contributed by atoms with Gasteiger partial charge in [0.1, 0.15) is 0 Å². The summed E-state index contributed by atoms with van der Waals surface area (Å²) in [5, 5.41) is 0. The highest BCUT2D eigenvalue weighted by molar-refractivity contribution is 5.18. The molecule has 0 amide bonds. The molecule has 4 fully saturated rings. The summed E-state index contributed by atoms with van der Waals surface area (Å²) in [6.07, 6.45) is 7.08. The summed E-state index contributed by atoms with van der Waals surface area (Å²) in [5.74, 6) is 1.99. The van der Waals surface area contributed by atoms with Gasteiger partial charge in [-0.15, -0.1) is 0 Å². The third-order valence-electron chi connectivity index (χ3n) is 6.13. The van der Waals surface area contributed by atoms with Crippen LogP contribution in [0.25, 0.3) is 0 Å². The molecule has 0 aromatic rings. The molecule has 4 rings (SSSR count). The van der Waals surface area contributed by atoms with E-state index in [1.807, 2.05) is 0 Å². The van der Waals surface area contributed by atoms with Crippen molar-refractivity contribution in [2.75, 3.05) is 0 Å². The molecule has 0 radical (unpaired) electrons. The summed E-state index contributed by atoms with van der Waals surface area (Å²) in [7, 11) is 0. The van der Waals surface area contributed by atoms with Crippen LogP contribution in [0.1, 0.15) is 52.9 Å². The van der Waals surface area contributed by atoms with Gasteiger partial charge in [-0.2, -0.15) is 0 Å². The van der Waals surface area contributed by atoms with Crippen molar-refractivity contribution in [3.05, 3.63) is 0 Å². The molecule has 14 heavy (non-hydrogen) atoms. The lowest BCUT2D eigenvalue weighted by molar-refractivity contribution is -0.159. The van der Waals surface area contributed by atoms with E-state index in [0.29, 0.717) is 10.8 Å². The lowest BCUT2D eigenvalue weighted by Gasteiger charge is -2.69. The lowest BCUT2D eigenvalue weighted by atomic mass is 9.38. The van der Waals surface area contributed by atoms with Crippen LogP contribution in [0.4, 0.5) is 0 Å². The number of hydrogen-bond donors (Lipinski definition) is 1. The Bertz CT molecular complexity index is 241. The molecule has 4 aliphatic carbocycles. The normalized spacial score (nSPS) is 66.0. The van der Waals surface area contributed by atoms with Crippen molar-refractivity contribution in [3.63, 3.8) is 0 Å². The van der Waals surface area contributed by atoms with E-state index in [-0.39, 0.29) is 5.54 Å². The van der Waals surface area contributed by atoms with E-state index < -0.39 is 0 Å². The maximum atomic E-state index is 6.68. The Kier molecular flexibility index (Phi) is 1.45. The van der Waals surface area contributed by atoms with Crippen molar-refractivity contribution in [3.8, 4) is 0 Å². The summed E-state index contributed by atoms with van der Waals surface area (Å²) in [6.45, 7) is 7.22. The molecule has 1 heteroatoms. The van der Waals surface area contributed by atoms with Crippen LogP contribution in [0.5, 0.6) is 0 Å². The van der Waals surface area contributed by atoms with Gasteiger partial charge in [-0.25, -0.2) is 0 Å². The Morgan fingerprint density at radius 1 is 0.857 bits per heavy atom. The summed E-state index contributed by atoms with van der Waals surface area (Å²) in [5.41, 5.74) is 7.63. The van der Waals surface area contributed by atoms with Crippen LogP contribution in [-0.4, -0.2) is 5.54 Å². The van der Waals surface area contributed by atoms with Crippen LogP contribution < -0.4 is 5.73 Å². The highest BCUT2D eigenvalue weighted by Crippen LogP contribution is 2.68. The largest absolute Gasteiger partial charge is 0.324 e. The summed E-state index contributed by atoms with van der Waals surface area (Å²) in [4.78, 5) is 0. The molecule has 4 bridgehead atoms. The molecular formula is C13H23N. The Morgan fingerprint density at radius 3 is 1.57 bits per heavy atom. The zero-order valence-electron chi connectivity index (χ0n) is 9.77. The summed E-state index contributed by atoms with van der Waals surface area (Å²) >= 11 is 0. The zero-order chi connectivity index (χ0) is 10.2. The van der Waals surface area contributed by atoms with E-state index >= 15 is 0 Å². The van der Waals surface area contributed by atoms with Crippen LogP contribution in [0.2, 0.25) is 0 Å². The predicted molar refractivity (Wildman–Crippen MR) is 58.9 cm³/mol. The van der Waals surface area contributed by atoms with Gasteiger partial charge in [-0.3, -0.25) is 0 Å². The Labute approximate surface area is 87.4 Å². The fraction of sp³-hybridized carbons (Fsp3) is 1.00. The van der Waals surface area contributed by atoms with Crippen LogP contribution in [0, 0.1) is 22.7 Å². The minimum Gasteiger partial charge on any atom is -0.324 e. The molecule has 80 valence electrons. The molecule has 0 aromatic heterocycles. The van der Waals surface area contributed by atoms with Gasteiger partial charge in [0.15, 0.2) is 0 Å². The predicted octanol–water partition coefficient (Wildman–Crippen LogP) is 2.94. The maximum Gasteiger partial charge on any atom is 0.0234 e. The fourth-order valence-electron chi connectivity index (χ4n) is 5.24. The molecular weight excluding hydrogens is 170 g/mol. The maximum absolute atomic E-state index is 6.68. The van der Waals surface area contributed by atoms with E-state index in [1.54, 1.807) is 0 Å². The summed E-state index contributed by atoms with van der Waals surface area (Å²) in [6, 6.07) is 0. The van der Waals surface area contributed by atoms with Gasteiger partial charge in [0.05, 0.1) is 0 Å². The quantitative estimate of drug-likeness (QED) is 0.629. The first-order chi connectivity index (χ1) is 6.36. The van der Waals surface area contributed by atoms with E-state index in [4.69, 9.17) is 5.73 Å². The van der Waals surface area contributed by atoms with E-state index in [2.05, 4.69) is 20.8 Å². The topological polar surface area (TPSA) is 26.0 Å². The van der Waals surface area contributed by atoms with Crippen LogP contribution >= 0.6 is 0 Å². The third kappa shape index (κ3) is 0.816. The van der Waals surface area contributed by atoms with Crippen LogP contribution in [-0.2, 0) is 0 Å². The first-order valence-corrected chi connectivity index (χ1v) is 6.15. The zero-order valence-corrected chi connectivity index (χ0v) is 9.77. The number of rotatable bonds is 0. The molecule has 0 heterocycles. The molecule has 0 aromatic carbocycles. The Morgan fingerprint density at radius 2 is 1.21 bits per heavy atom. The number of hydrogen-bond acceptors (Lipinski definition) is 1. The Balaban J connectivity index is 2.10. The molecule has 0 spiro atoms. The van der Waals surface area contributed by atoms with Crippen LogP contribution in [0.3, 0.4) is 0 Å². The molecule has 0 aliphatic heterocycles. The second-order valence-electron chi connectivity index (χ2n) is 7.11. The molecule has 0 atom stereocenters. The minimum absolute atomic E-state index is 0.0768. The molecule has 0 saturated heterocycles. The van der Waals surface area contributed by atoms with Gasteiger partial charge >= 0.3 is 0 Å². The Hall–Kier alpha value is -0.0400. The van der Waals surface area contributed by atoms with Gasteiger partial charge in [-0.1, -0.05) is 13.8 Å². The molecule has 4 saturated carbocycles. The lowest BCUT2D eigenvalue weighted by Crippen LogP contribution is -2.71. The van der Waals surface area contributed by atoms with Crippen molar-refractivity contribution < 1.29 is 0 Å². The van der Waals surface area contributed by atoms with Gasteiger partial charge < -0.3 is 5.73 Å². The molecule has 4 aliphatic rings. The van der Waals surface area contributed by atoms with Crippen molar-refractivity contribution in [2.24, 2.45) is 28.4 Å². The standard InChI is InChI=1S/C13H23N/c1-11-5-9-4-10(6-11)8-12(2,7-9)13(11,3)14/h9-10H,4-8,14H2,1-3H3. The highest BCUT2D eigenvalue weighted by Gasteiger charge is 2.64. The second-order valence-corrected chi connectivity index (χ2v) is 7.11. The average Bonchev–Trinajstić information content (AvgIpc) is 1.98. The third-order valence-corrected chi connectivity index (χ3v) is 6.13. The van der Waals surface area contributed by atoms with E-state index in [9.17, 15) is 0 Å². The monoisotopic (exact) mass is 193 g/mol. The first kappa shape index (κ1) is 9.21. The van der Waals surface area contributed by atoms with E-state index in [1.165, 1.54) is 32.1 Å². The average molecular weight is 193 g/mol. The van der Waals surface area contributed by atoms with Gasteiger partial charge in [0.25, 0.3) is 0 Å². The van der Waals surface area contributed by atoms with Crippen molar-refractivity contribution in [2.45, 2.75) is 58.4 Å². The van der Waals surface area contributed by atoms with Crippen molar-refractivity contribution in [1.82, 2.24) is 0 Å². The minimum atomic E-state index is 0.0768. The van der Waals surface area contributed by atoms with Gasteiger partial charge in [0.2, 0.25) is 0 Å². The molecule has 1 nitrogen and oxygen atoms in total. The highest BCUT2D eigenvalue weighted by atomic mass is 14.9. The smallest absolute Gasteiger partial charge is 0.0234 e. The number of nitrogens with two attached hydrogens (primary N) is 1. The van der Waals surface area contributed by atoms with E-state index in [0.717, 1.165) is 11.8 Å². The van der Waals surface area contributed by atoms with Crippen molar-refractivity contribution in [1.29, 1.82) is 0 Å². The second kappa shape index (κ2) is 2.21. The SMILES string of the molecule is CC12CC3CC(C1)CC(C)(C3)C2(C)N. The van der Waals surface area contributed by atoms with Gasteiger partial charge in [0, 0.05) is 5.54 Å².